The van der Waals surface area contributed by atoms with Crippen LogP contribution in [0, 0.1) is 0 Å². The molecular weight excluding hydrogens is 278 g/mol. The fraction of sp³-hybridized carbons (Fsp3) is 0.278. The summed E-state index contributed by atoms with van der Waals surface area (Å²) in [5.41, 5.74) is 1.92. The number of benzene rings is 2. The largest absolute Gasteiger partial charge is 0.496 e. The van der Waals surface area contributed by atoms with Crippen LogP contribution in [0.1, 0.15) is 17.2 Å². The number of carbonyl (C=O) groups is 1. The fourth-order valence-corrected chi connectivity index (χ4v) is 2.34. The second-order valence-electron chi connectivity index (χ2n) is 4.88. The molecule has 4 heteroatoms. The van der Waals surface area contributed by atoms with Crippen LogP contribution < -0.4 is 10.1 Å². The number of rotatable bonds is 7. The number of carbonyl (C=O) groups excluding carboxylic acids is 1. The van der Waals surface area contributed by atoms with Crippen molar-refractivity contribution >= 4 is 5.91 Å². The van der Waals surface area contributed by atoms with E-state index >= 15 is 0 Å². The molecule has 0 saturated heterocycles. The molecule has 1 N–H and O–H groups in total. The summed E-state index contributed by atoms with van der Waals surface area (Å²) >= 11 is 0. The molecule has 0 aliphatic heterocycles. The van der Waals surface area contributed by atoms with Crippen LogP contribution >= 0.6 is 0 Å². The summed E-state index contributed by atoms with van der Waals surface area (Å²) in [6.45, 7) is 0.534. The molecule has 2 aromatic rings. The number of ether oxygens (including phenoxy) is 2. The molecule has 0 bridgehead atoms. The minimum absolute atomic E-state index is 0.136. The van der Waals surface area contributed by atoms with Gasteiger partial charge in [0.2, 0.25) is 0 Å². The van der Waals surface area contributed by atoms with E-state index in [0.29, 0.717) is 13.0 Å². The lowest BCUT2D eigenvalue weighted by Crippen LogP contribution is -2.32. The zero-order valence-corrected chi connectivity index (χ0v) is 12.9. The molecule has 0 aliphatic rings. The summed E-state index contributed by atoms with van der Waals surface area (Å²) in [4.78, 5) is 12.3. The Morgan fingerprint density at radius 3 is 2.41 bits per heavy atom. The van der Waals surface area contributed by atoms with Gasteiger partial charge in [0, 0.05) is 13.7 Å². The van der Waals surface area contributed by atoms with Gasteiger partial charge in [-0.15, -0.1) is 0 Å². The summed E-state index contributed by atoms with van der Waals surface area (Å²) in [5.74, 6) is 0.701. The highest BCUT2D eigenvalue weighted by Crippen LogP contribution is 2.18. The quantitative estimate of drug-likeness (QED) is 0.855. The molecule has 0 saturated carbocycles. The number of hydrogen-bond acceptors (Lipinski definition) is 3. The summed E-state index contributed by atoms with van der Waals surface area (Å²) in [6, 6.07) is 17.3. The highest BCUT2D eigenvalue weighted by Gasteiger charge is 2.19. The van der Waals surface area contributed by atoms with Gasteiger partial charge in [0.15, 0.2) is 6.10 Å². The average molecular weight is 299 g/mol. The molecule has 0 fully saturated rings. The van der Waals surface area contributed by atoms with Crippen LogP contribution in [0.5, 0.6) is 5.75 Å². The van der Waals surface area contributed by atoms with E-state index in [4.69, 9.17) is 9.47 Å². The van der Waals surface area contributed by atoms with Crippen LogP contribution in [0.2, 0.25) is 0 Å². The molecule has 22 heavy (non-hydrogen) atoms. The van der Waals surface area contributed by atoms with Gasteiger partial charge in [0.1, 0.15) is 5.75 Å². The molecule has 116 valence electrons. The van der Waals surface area contributed by atoms with Crippen LogP contribution in [-0.4, -0.2) is 26.7 Å². The Bertz CT molecular complexity index is 598. The maximum absolute atomic E-state index is 12.3. The van der Waals surface area contributed by atoms with Crippen LogP contribution in [0.4, 0.5) is 0 Å². The van der Waals surface area contributed by atoms with Crippen molar-refractivity contribution in [3.05, 3.63) is 65.7 Å². The van der Waals surface area contributed by atoms with Crippen molar-refractivity contribution in [2.75, 3.05) is 20.8 Å². The molecule has 0 unspecified atom stereocenters. The van der Waals surface area contributed by atoms with E-state index in [9.17, 15) is 4.79 Å². The first kappa shape index (κ1) is 16.0. The minimum atomic E-state index is -0.584. The monoisotopic (exact) mass is 299 g/mol. The number of para-hydroxylation sites is 1. The zero-order valence-electron chi connectivity index (χ0n) is 12.9. The minimum Gasteiger partial charge on any atom is -0.496 e. The number of amides is 1. The molecule has 1 atom stereocenters. The Morgan fingerprint density at radius 1 is 1.05 bits per heavy atom. The van der Waals surface area contributed by atoms with Gasteiger partial charge in [0.25, 0.3) is 5.91 Å². The highest BCUT2D eigenvalue weighted by atomic mass is 16.5. The summed E-state index contributed by atoms with van der Waals surface area (Å²) in [6.07, 6.45) is 0.125. The Hall–Kier alpha value is -2.33. The second-order valence-corrected chi connectivity index (χ2v) is 4.88. The van der Waals surface area contributed by atoms with Crippen LogP contribution in [0.3, 0.4) is 0 Å². The molecule has 1 amide bonds. The number of nitrogens with one attached hydrogen (secondary N) is 1. The smallest absolute Gasteiger partial charge is 0.253 e. The van der Waals surface area contributed by atoms with Crippen molar-refractivity contribution in [1.82, 2.24) is 5.32 Å². The Morgan fingerprint density at radius 2 is 1.73 bits per heavy atom. The van der Waals surface area contributed by atoms with E-state index in [0.717, 1.165) is 16.9 Å². The predicted octanol–water partition coefficient (Wildman–Crippen LogP) is 2.74. The van der Waals surface area contributed by atoms with Gasteiger partial charge in [-0.2, -0.15) is 0 Å². The van der Waals surface area contributed by atoms with E-state index in [1.54, 1.807) is 7.11 Å². The lowest BCUT2D eigenvalue weighted by molar-refractivity contribution is -0.131. The zero-order chi connectivity index (χ0) is 15.8. The molecule has 0 aliphatic carbocycles. The molecule has 2 rings (SSSR count). The van der Waals surface area contributed by atoms with Gasteiger partial charge >= 0.3 is 0 Å². The van der Waals surface area contributed by atoms with E-state index in [1.165, 1.54) is 7.11 Å². The van der Waals surface area contributed by atoms with Gasteiger partial charge in [-0.05, 0) is 23.6 Å². The molecule has 0 radical (unpaired) electrons. The standard InChI is InChI=1S/C18H21NO3/c1-21-16-11-7-6-8-14(16)12-13-19-18(20)17(22-2)15-9-4-3-5-10-15/h3-11,17H,12-13H2,1-2H3,(H,19,20)/t17-/m0/s1. The van der Waals surface area contributed by atoms with Crippen molar-refractivity contribution in [1.29, 1.82) is 0 Å². The summed E-state index contributed by atoms with van der Waals surface area (Å²) in [5, 5.41) is 2.91. The van der Waals surface area contributed by atoms with E-state index in [2.05, 4.69) is 5.32 Å². The van der Waals surface area contributed by atoms with Crippen molar-refractivity contribution in [2.24, 2.45) is 0 Å². The molecule has 4 nitrogen and oxygen atoms in total. The van der Waals surface area contributed by atoms with Crippen LogP contribution in [0.15, 0.2) is 54.6 Å². The third kappa shape index (κ3) is 4.09. The lowest BCUT2D eigenvalue weighted by atomic mass is 10.1. The fourth-order valence-electron chi connectivity index (χ4n) is 2.34. The average Bonchev–Trinajstić information content (AvgIpc) is 2.57. The topological polar surface area (TPSA) is 47.6 Å². The Labute approximate surface area is 131 Å². The maximum atomic E-state index is 12.3. The normalized spacial score (nSPS) is 11.7. The number of hydrogen-bond donors (Lipinski definition) is 1. The lowest BCUT2D eigenvalue weighted by Gasteiger charge is -2.16. The maximum Gasteiger partial charge on any atom is 0.253 e. The number of methoxy groups -OCH3 is 2. The molecule has 2 aromatic carbocycles. The van der Waals surface area contributed by atoms with Crippen molar-refractivity contribution in [3.63, 3.8) is 0 Å². The highest BCUT2D eigenvalue weighted by molar-refractivity contribution is 5.82. The molecular formula is C18H21NO3. The summed E-state index contributed by atoms with van der Waals surface area (Å²) < 4.78 is 10.6. The van der Waals surface area contributed by atoms with Gasteiger partial charge in [-0.25, -0.2) is 0 Å². The predicted molar refractivity (Wildman–Crippen MR) is 85.9 cm³/mol. The third-order valence-electron chi connectivity index (χ3n) is 3.46. The summed E-state index contributed by atoms with van der Waals surface area (Å²) in [7, 11) is 3.19. The van der Waals surface area contributed by atoms with Crippen LogP contribution in [-0.2, 0) is 16.0 Å². The van der Waals surface area contributed by atoms with Crippen molar-refractivity contribution < 1.29 is 14.3 Å². The Kier molecular flexibility index (Phi) is 5.98. The van der Waals surface area contributed by atoms with E-state index < -0.39 is 6.10 Å². The third-order valence-corrected chi connectivity index (χ3v) is 3.46. The van der Waals surface area contributed by atoms with E-state index in [1.807, 2.05) is 54.6 Å². The Balaban J connectivity index is 1.92. The van der Waals surface area contributed by atoms with E-state index in [-0.39, 0.29) is 5.91 Å². The SMILES string of the molecule is COc1ccccc1CCNC(=O)[C@@H](OC)c1ccccc1. The van der Waals surface area contributed by atoms with Crippen molar-refractivity contribution in [3.8, 4) is 5.75 Å². The first-order valence-corrected chi connectivity index (χ1v) is 7.23. The van der Waals surface area contributed by atoms with Gasteiger partial charge in [-0.1, -0.05) is 48.5 Å². The van der Waals surface area contributed by atoms with Gasteiger partial charge in [0.05, 0.1) is 7.11 Å². The molecule has 0 heterocycles. The molecule has 0 spiro atoms. The first-order valence-electron chi connectivity index (χ1n) is 7.23. The van der Waals surface area contributed by atoms with Gasteiger partial charge < -0.3 is 14.8 Å². The van der Waals surface area contributed by atoms with Gasteiger partial charge in [-0.3, -0.25) is 4.79 Å². The first-order chi connectivity index (χ1) is 10.8. The second kappa shape index (κ2) is 8.20. The van der Waals surface area contributed by atoms with Crippen molar-refractivity contribution in [2.45, 2.75) is 12.5 Å². The molecule has 0 aromatic heterocycles. The van der Waals surface area contributed by atoms with Crippen LogP contribution in [0.25, 0.3) is 0 Å².